The van der Waals surface area contributed by atoms with E-state index in [9.17, 15) is 9.59 Å². The van der Waals surface area contributed by atoms with Crippen LogP contribution in [0.4, 0.5) is 5.82 Å². The average Bonchev–Trinajstić information content (AvgIpc) is 3.34. The molecule has 0 spiro atoms. The standard InChI is InChI=1S/C14H19N5O2/c1-15-11-7-16-10(6-17-11)14(21)18-9-4-5-12(20)19-13(9)8-2-3-8/h6-9,13H,2-5H2,1H3,(H,15,17)(H,18,21)(H,19,20)/t9-,13+/m1/s1. The van der Waals surface area contributed by atoms with Gasteiger partial charge in [0.25, 0.3) is 5.91 Å². The van der Waals surface area contributed by atoms with Crippen LogP contribution in [0.2, 0.25) is 0 Å². The molecule has 1 aromatic rings. The minimum Gasteiger partial charge on any atom is -0.372 e. The van der Waals surface area contributed by atoms with Crippen molar-refractivity contribution < 1.29 is 9.59 Å². The number of hydrogen-bond donors (Lipinski definition) is 3. The van der Waals surface area contributed by atoms with Crippen molar-refractivity contribution in [3.05, 3.63) is 18.1 Å². The summed E-state index contributed by atoms with van der Waals surface area (Å²) in [5.74, 6) is 0.956. The predicted octanol–water partition coefficient (Wildman–Crippen LogP) is 0.305. The Morgan fingerprint density at radius 3 is 2.71 bits per heavy atom. The van der Waals surface area contributed by atoms with Gasteiger partial charge in [0.15, 0.2) is 0 Å². The molecule has 3 rings (SSSR count). The number of nitrogens with zero attached hydrogens (tertiary/aromatic N) is 2. The molecule has 1 saturated carbocycles. The summed E-state index contributed by atoms with van der Waals surface area (Å²) in [6, 6.07) is 0.0354. The summed E-state index contributed by atoms with van der Waals surface area (Å²) in [5, 5.41) is 8.85. The molecule has 1 aliphatic carbocycles. The number of piperidine rings is 1. The van der Waals surface area contributed by atoms with E-state index < -0.39 is 0 Å². The summed E-state index contributed by atoms with van der Waals surface area (Å²) in [6.07, 6.45) is 6.35. The van der Waals surface area contributed by atoms with Crippen LogP contribution in [0.3, 0.4) is 0 Å². The molecule has 21 heavy (non-hydrogen) atoms. The van der Waals surface area contributed by atoms with Crippen LogP contribution in [-0.4, -0.2) is 40.9 Å². The van der Waals surface area contributed by atoms with Gasteiger partial charge in [-0.3, -0.25) is 9.59 Å². The molecule has 0 radical (unpaired) electrons. The molecule has 2 fully saturated rings. The summed E-state index contributed by atoms with van der Waals surface area (Å²) >= 11 is 0. The van der Waals surface area contributed by atoms with E-state index in [0.29, 0.717) is 30.3 Å². The van der Waals surface area contributed by atoms with Gasteiger partial charge in [-0.05, 0) is 25.2 Å². The third-order valence-electron chi connectivity index (χ3n) is 4.03. The number of rotatable bonds is 4. The molecule has 7 heteroatoms. The van der Waals surface area contributed by atoms with Gasteiger partial charge in [0.1, 0.15) is 11.5 Å². The van der Waals surface area contributed by atoms with Crippen LogP contribution >= 0.6 is 0 Å². The minimum atomic E-state index is -0.239. The van der Waals surface area contributed by atoms with Crippen LogP contribution in [0, 0.1) is 5.92 Å². The first-order valence-corrected chi connectivity index (χ1v) is 7.27. The van der Waals surface area contributed by atoms with Gasteiger partial charge in [0.2, 0.25) is 5.91 Å². The van der Waals surface area contributed by atoms with Crippen molar-refractivity contribution in [1.82, 2.24) is 20.6 Å². The van der Waals surface area contributed by atoms with Crippen molar-refractivity contribution in [2.24, 2.45) is 5.92 Å². The molecule has 0 bridgehead atoms. The van der Waals surface area contributed by atoms with Crippen LogP contribution in [0.25, 0.3) is 0 Å². The van der Waals surface area contributed by atoms with E-state index in [2.05, 4.69) is 25.9 Å². The number of hydrogen-bond acceptors (Lipinski definition) is 5. The molecular weight excluding hydrogens is 270 g/mol. The first-order chi connectivity index (χ1) is 10.2. The Kier molecular flexibility index (Phi) is 3.72. The quantitative estimate of drug-likeness (QED) is 0.741. The van der Waals surface area contributed by atoms with Gasteiger partial charge in [-0.15, -0.1) is 0 Å². The topological polar surface area (TPSA) is 96.0 Å². The monoisotopic (exact) mass is 289 g/mol. The van der Waals surface area contributed by atoms with Crippen molar-refractivity contribution in [3.63, 3.8) is 0 Å². The third kappa shape index (κ3) is 3.12. The normalized spacial score (nSPS) is 25.1. The van der Waals surface area contributed by atoms with Crippen LogP contribution in [0.1, 0.15) is 36.2 Å². The lowest BCUT2D eigenvalue weighted by Crippen LogP contribution is -2.56. The van der Waals surface area contributed by atoms with Crippen LogP contribution < -0.4 is 16.0 Å². The predicted molar refractivity (Wildman–Crippen MR) is 76.7 cm³/mol. The third-order valence-corrected chi connectivity index (χ3v) is 4.03. The van der Waals surface area contributed by atoms with Gasteiger partial charge >= 0.3 is 0 Å². The van der Waals surface area contributed by atoms with E-state index >= 15 is 0 Å². The fourth-order valence-electron chi connectivity index (χ4n) is 2.71. The van der Waals surface area contributed by atoms with Crippen LogP contribution in [0.15, 0.2) is 12.4 Å². The van der Waals surface area contributed by atoms with Crippen molar-refractivity contribution in [3.8, 4) is 0 Å². The molecule has 3 N–H and O–H groups in total. The smallest absolute Gasteiger partial charge is 0.271 e. The molecule has 0 aromatic carbocycles. The van der Waals surface area contributed by atoms with E-state index in [4.69, 9.17) is 0 Å². The zero-order valence-corrected chi connectivity index (χ0v) is 11.9. The van der Waals surface area contributed by atoms with Gasteiger partial charge in [0, 0.05) is 13.5 Å². The van der Waals surface area contributed by atoms with E-state index in [0.717, 1.165) is 12.8 Å². The fourth-order valence-corrected chi connectivity index (χ4v) is 2.71. The molecule has 1 saturated heterocycles. The molecule has 1 aliphatic heterocycles. The first kappa shape index (κ1) is 13.8. The van der Waals surface area contributed by atoms with E-state index in [-0.39, 0.29) is 23.9 Å². The lowest BCUT2D eigenvalue weighted by molar-refractivity contribution is -0.124. The SMILES string of the molecule is CNc1cnc(C(=O)N[C@@H]2CCC(=O)N[C@H]2C2CC2)cn1. The zero-order valence-electron chi connectivity index (χ0n) is 11.9. The minimum absolute atomic E-state index is 0.0199. The molecule has 2 heterocycles. The summed E-state index contributed by atoms with van der Waals surface area (Å²) < 4.78 is 0. The summed E-state index contributed by atoms with van der Waals surface area (Å²) in [5.41, 5.74) is 0.292. The van der Waals surface area contributed by atoms with Crippen LogP contribution in [0.5, 0.6) is 0 Å². The second kappa shape index (κ2) is 5.67. The van der Waals surface area contributed by atoms with Crippen molar-refractivity contribution >= 4 is 17.6 Å². The van der Waals surface area contributed by atoms with Gasteiger partial charge < -0.3 is 16.0 Å². The molecular formula is C14H19N5O2. The highest BCUT2D eigenvalue weighted by molar-refractivity contribution is 5.92. The maximum Gasteiger partial charge on any atom is 0.271 e. The number of nitrogens with one attached hydrogen (secondary N) is 3. The molecule has 0 unspecified atom stereocenters. The first-order valence-electron chi connectivity index (χ1n) is 7.27. The number of amides is 2. The Labute approximate surface area is 122 Å². The Balaban J connectivity index is 1.66. The van der Waals surface area contributed by atoms with Gasteiger partial charge in [-0.25, -0.2) is 9.97 Å². The molecule has 7 nitrogen and oxygen atoms in total. The second-order valence-electron chi connectivity index (χ2n) is 5.59. The van der Waals surface area contributed by atoms with Crippen molar-refractivity contribution in [2.45, 2.75) is 37.8 Å². The second-order valence-corrected chi connectivity index (χ2v) is 5.59. The molecule has 2 aliphatic rings. The van der Waals surface area contributed by atoms with Crippen LogP contribution in [-0.2, 0) is 4.79 Å². The maximum absolute atomic E-state index is 12.2. The Bertz CT molecular complexity index is 541. The fraction of sp³-hybridized carbons (Fsp3) is 0.571. The lowest BCUT2D eigenvalue weighted by Gasteiger charge is -2.32. The van der Waals surface area contributed by atoms with E-state index in [1.165, 1.54) is 12.4 Å². The maximum atomic E-state index is 12.2. The van der Waals surface area contributed by atoms with Gasteiger partial charge in [-0.1, -0.05) is 0 Å². The van der Waals surface area contributed by atoms with Crippen molar-refractivity contribution in [1.29, 1.82) is 0 Å². The Morgan fingerprint density at radius 2 is 2.10 bits per heavy atom. The number of aromatic nitrogens is 2. The van der Waals surface area contributed by atoms with Crippen molar-refractivity contribution in [2.75, 3.05) is 12.4 Å². The zero-order chi connectivity index (χ0) is 14.8. The molecule has 112 valence electrons. The average molecular weight is 289 g/mol. The largest absolute Gasteiger partial charge is 0.372 e. The summed E-state index contributed by atoms with van der Waals surface area (Å²) in [7, 11) is 1.74. The van der Waals surface area contributed by atoms with Gasteiger partial charge in [0.05, 0.1) is 24.5 Å². The Morgan fingerprint density at radius 1 is 1.29 bits per heavy atom. The Hall–Kier alpha value is -2.18. The summed E-state index contributed by atoms with van der Waals surface area (Å²) in [6.45, 7) is 0. The summed E-state index contributed by atoms with van der Waals surface area (Å²) in [4.78, 5) is 31.9. The number of carbonyl (C=O) groups excluding carboxylic acids is 2. The molecule has 2 atom stereocenters. The molecule has 1 aromatic heterocycles. The van der Waals surface area contributed by atoms with E-state index in [1.54, 1.807) is 7.05 Å². The highest BCUT2D eigenvalue weighted by Crippen LogP contribution is 2.36. The highest BCUT2D eigenvalue weighted by Gasteiger charge is 2.40. The number of anilines is 1. The molecule has 2 amide bonds. The van der Waals surface area contributed by atoms with E-state index in [1.807, 2.05) is 0 Å². The number of carbonyl (C=O) groups is 2. The van der Waals surface area contributed by atoms with Gasteiger partial charge in [-0.2, -0.15) is 0 Å². The highest BCUT2D eigenvalue weighted by atomic mass is 16.2. The lowest BCUT2D eigenvalue weighted by atomic mass is 9.94.